The summed E-state index contributed by atoms with van der Waals surface area (Å²) in [6.07, 6.45) is 1.84. The molecule has 0 aromatic heterocycles. The minimum absolute atomic E-state index is 0.0648. The van der Waals surface area contributed by atoms with Gasteiger partial charge >= 0.3 is 31.1 Å². The number of hydrogen-bond acceptors (Lipinski definition) is 4. The SMILES string of the molecule is O=S(=O)(NC1C=CCCC1NS(=O)(=O)C(F)(F)F)C(F)(F)F. The van der Waals surface area contributed by atoms with Crippen molar-refractivity contribution in [1.82, 2.24) is 9.44 Å². The second-order valence-corrected chi connectivity index (χ2v) is 7.68. The standard InChI is InChI=1S/C8H10F6N2O4S2/c9-7(10,11)21(17,18)15-5-3-1-2-4-6(5)16-22(19,20)8(12,13)14/h1,3,5-6,15-16H,2,4H2. The van der Waals surface area contributed by atoms with E-state index in [0.717, 1.165) is 15.5 Å². The summed E-state index contributed by atoms with van der Waals surface area (Å²) in [5.41, 5.74) is -11.3. The zero-order valence-electron chi connectivity index (χ0n) is 10.4. The topological polar surface area (TPSA) is 92.3 Å². The van der Waals surface area contributed by atoms with Crippen LogP contribution in [0.3, 0.4) is 0 Å². The van der Waals surface area contributed by atoms with Crippen molar-refractivity contribution in [2.75, 3.05) is 0 Å². The van der Waals surface area contributed by atoms with E-state index in [9.17, 15) is 43.2 Å². The average molecular weight is 376 g/mol. The summed E-state index contributed by atoms with van der Waals surface area (Å²) in [5, 5.41) is 0. The second-order valence-electron chi connectivity index (χ2n) is 4.27. The predicted molar refractivity (Wildman–Crippen MR) is 62.2 cm³/mol. The van der Waals surface area contributed by atoms with Gasteiger partial charge in [0.1, 0.15) is 0 Å². The summed E-state index contributed by atoms with van der Waals surface area (Å²) < 4.78 is 120. The summed E-state index contributed by atoms with van der Waals surface area (Å²) in [6.45, 7) is 0. The Kier molecular flexibility index (Phi) is 5.21. The highest BCUT2D eigenvalue weighted by Crippen LogP contribution is 2.26. The highest BCUT2D eigenvalue weighted by atomic mass is 32.2. The van der Waals surface area contributed by atoms with Crippen molar-refractivity contribution in [3.8, 4) is 0 Å². The minimum Gasteiger partial charge on any atom is -0.203 e. The van der Waals surface area contributed by atoms with Crippen molar-refractivity contribution < 1.29 is 43.2 Å². The van der Waals surface area contributed by atoms with Gasteiger partial charge in [-0.2, -0.15) is 31.1 Å². The molecule has 0 fully saturated rings. The zero-order valence-corrected chi connectivity index (χ0v) is 12.1. The molecule has 1 aliphatic carbocycles. The molecule has 1 aliphatic rings. The first-order valence-corrected chi connectivity index (χ1v) is 8.48. The molecule has 0 aliphatic heterocycles. The third-order valence-corrected chi connectivity index (χ3v) is 5.04. The maximum atomic E-state index is 12.3. The average Bonchev–Trinajstić information content (AvgIpc) is 2.28. The van der Waals surface area contributed by atoms with Crippen molar-refractivity contribution in [3.05, 3.63) is 12.2 Å². The van der Waals surface area contributed by atoms with E-state index in [-0.39, 0.29) is 12.8 Å². The van der Waals surface area contributed by atoms with E-state index < -0.39 is 43.1 Å². The summed E-state index contributed by atoms with van der Waals surface area (Å²) in [5.74, 6) is 0. The lowest BCUT2D eigenvalue weighted by molar-refractivity contribution is -0.0464. The van der Waals surface area contributed by atoms with Gasteiger partial charge in [-0.05, 0) is 12.8 Å². The van der Waals surface area contributed by atoms with Gasteiger partial charge in [-0.1, -0.05) is 12.2 Å². The third kappa shape index (κ3) is 4.33. The minimum atomic E-state index is -5.84. The van der Waals surface area contributed by atoms with Gasteiger partial charge in [0, 0.05) is 6.04 Å². The molecule has 1 rings (SSSR count). The molecule has 2 atom stereocenters. The third-order valence-electron chi connectivity index (χ3n) is 2.63. The van der Waals surface area contributed by atoms with Crippen LogP contribution in [0.1, 0.15) is 12.8 Å². The van der Waals surface area contributed by atoms with Crippen LogP contribution in [0.2, 0.25) is 0 Å². The molecule has 130 valence electrons. The fourth-order valence-electron chi connectivity index (χ4n) is 1.60. The Balaban J connectivity index is 3.00. The molecule has 0 saturated carbocycles. The van der Waals surface area contributed by atoms with Gasteiger partial charge in [0.25, 0.3) is 0 Å². The first kappa shape index (κ1) is 19.2. The van der Waals surface area contributed by atoms with Gasteiger partial charge in [0.2, 0.25) is 0 Å². The number of nitrogens with one attached hydrogen (secondary N) is 2. The molecular weight excluding hydrogens is 366 g/mol. The van der Waals surface area contributed by atoms with Crippen LogP contribution in [-0.2, 0) is 20.0 Å². The van der Waals surface area contributed by atoms with Gasteiger partial charge in [-0.25, -0.2) is 21.6 Å². The summed E-state index contributed by atoms with van der Waals surface area (Å²) in [7, 11) is -11.7. The maximum Gasteiger partial charge on any atom is 0.511 e. The molecule has 0 saturated heterocycles. The van der Waals surface area contributed by atoms with Gasteiger partial charge in [0.15, 0.2) is 0 Å². The molecular formula is C8H10F6N2O4S2. The molecule has 22 heavy (non-hydrogen) atoms. The van der Waals surface area contributed by atoms with Crippen LogP contribution in [0.4, 0.5) is 26.3 Å². The summed E-state index contributed by atoms with van der Waals surface area (Å²) >= 11 is 0. The van der Waals surface area contributed by atoms with Crippen LogP contribution < -0.4 is 9.44 Å². The molecule has 14 heteroatoms. The molecule has 0 amide bonds. The van der Waals surface area contributed by atoms with E-state index in [1.807, 2.05) is 0 Å². The van der Waals surface area contributed by atoms with Crippen LogP contribution in [0.15, 0.2) is 12.2 Å². The van der Waals surface area contributed by atoms with Crippen molar-refractivity contribution in [1.29, 1.82) is 0 Å². The Morgan fingerprint density at radius 2 is 1.32 bits per heavy atom. The molecule has 6 nitrogen and oxygen atoms in total. The van der Waals surface area contributed by atoms with E-state index in [4.69, 9.17) is 0 Å². The summed E-state index contributed by atoms with van der Waals surface area (Å²) in [6, 6.07) is -3.49. The fraction of sp³-hybridized carbons (Fsp3) is 0.750. The number of hydrogen-bond donors (Lipinski definition) is 2. The molecule has 0 bridgehead atoms. The first-order valence-electron chi connectivity index (χ1n) is 5.51. The fourth-order valence-corrected chi connectivity index (χ4v) is 3.13. The second kappa shape index (κ2) is 5.98. The molecule has 0 aromatic rings. The van der Waals surface area contributed by atoms with Crippen LogP contribution >= 0.6 is 0 Å². The Morgan fingerprint density at radius 1 is 0.864 bits per heavy atom. The molecule has 2 unspecified atom stereocenters. The van der Waals surface area contributed by atoms with Gasteiger partial charge in [-0.3, -0.25) is 0 Å². The predicted octanol–water partition coefficient (Wildman–Crippen LogP) is 0.952. The van der Waals surface area contributed by atoms with E-state index in [1.165, 1.54) is 6.08 Å². The van der Waals surface area contributed by atoms with Crippen LogP contribution in [-0.4, -0.2) is 39.9 Å². The van der Waals surface area contributed by atoms with Crippen molar-refractivity contribution in [2.45, 2.75) is 35.9 Å². The molecule has 0 spiro atoms. The Morgan fingerprint density at radius 3 is 1.77 bits per heavy atom. The van der Waals surface area contributed by atoms with E-state index in [1.54, 1.807) is 0 Å². The first-order chi connectivity index (χ1) is 9.67. The van der Waals surface area contributed by atoms with Gasteiger partial charge < -0.3 is 0 Å². The van der Waals surface area contributed by atoms with Crippen molar-refractivity contribution >= 4 is 20.0 Å². The monoisotopic (exact) mass is 376 g/mol. The normalized spacial score (nSPS) is 24.5. The summed E-state index contributed by atoms with van der Waals surface area (Å²) in [4.78, 5) is 0. The number of alkyl halides is 6. The van der Waals surface area contributed by atoms with Gasteiger partial charge in [0.05, 0.1) is 6.04 Å². The highest BCUT2D eigenvalue weighted by Gasteiger charge is 2.50. The number of halogens is 6. The number of sulfonamides is 2. The lowest BCUT2D eigenvalue weighted by atomic mass is 9.99. The van der Waals surface area contributed by atoms with Crippen LogP contribution in [0.25, 0.3) is 0 Å². The van der Waals surface area contributed by atoms with E-state index in [2.05, 4.69) is 0 Å². The quantitative estimate of drug-likeness (QED) is 0.565. The number of rotatable bonds is 4. The van der Waals surface area contributed by atoms with Gasteiger partial charge in [-0.15, -0.1) is 0 Å². The lowest BCUT2D eigenvalue weighted by Crippen LogP contribution is -2.55. The zero-order chi connectivity index (χ0) is 17.4. The maximum absolute atomic E-state index is 12.3. The van der Waals surface area contributed by atoms with Crippen LogP contribution in [0.5, 0.6) is 0 Å². The molecule has 0 aromatic carbocycles. The highest BCUT2D eigenvalue weighted by molar-refractivity contribution is 7.90. The van der Waals surface area contributed by atoms with E-state index >= 15 is 0 Å². The molecule has 2 N–H and O–H groups in total. The molecule has 0 heterocycles. The smallest absolute Gasteiger partial charge is 0.203 e. The molecule has 0 radical (unpaired) electrons. The Hall–Kier alpha value is -0.860. The largest absolute Gasteiger partial charge is 0.511 e. The van der Waals surface area contributed by atoms with Crippen LogP contribution in [0, 0.1) is 0 Å². The Labute approximate surface area is 121 Å². The lowest BCUT2D eigenvalue weighted by Gasteiger charge is -2.29. The van der Waals surface area contributed by atoms with Crippen molar-refractivity contribution in [3.63, 3.8) is 0 Å². The van der Waals surface area contributed by atoms with Crippen molar-refractivity contribution in [2.24, 2.45) is 0 Å². The van der Waals surface area contributed by atoms with E-state index in [0.29, 0.717) is 0 Å². The number of allylic oxidation sites excluding steroid dienone is 1. The Bertz CT molecular complexity index is 637.